The van der Waals surface area contributed by atoms with Crippen LogP contribution < -0.4 is 5.73 Å². The fraction of sp³-hybridized carbons (Fsp3) is 0.389. The molecule has 3 rings (SSSR count). The first kappa shape index (κ1) is 17.7. The van der Waals surface area contributed by atoms with Crippen molar-refractivity contribution < 1.29 is 9.53 Å². The predicted octanol–water partition coefficient (Wildman–Crippen LogP) is 2.90. The minimum Gasteiger partial charge on any atom is -0.383 e. The van der Waals surface area contributed by atoms with Gasteiger partial charge in [-0.2, -0.15) is 0 Å². The number of halogens is 1. The lowest BCUT2D eigenvalue weighted by Crippen LogP contribution is -2.45. The molecular formula is C18H23ClN2O2. The van der Waals surface area contributed by atoms with Crippen LogP contribution in [0.1, 0.15) is 24.4 Å². The summed E-state index contributed by atoms with van der Waals surface area (Å²) in [5, 5.41) is 2.43. The number of ether oxygens (including phenoxy) is 1. The molecule has 1 aliphatic rings. The lowest BCUT2D eigenvalue weighted by Gasteiger charge is -2.28. The van der Waals surface area contributed by atoms with Crippen molar-refractivity contribution in [2.75, 3.05) is 20.3 Å². The maximum absolute atomic E-state index is 12.6. The first-order valence-corrected chi connectivity index (χ1v) is 7.75. The Hall–Kier alpha value is -1.62. The van der Waals surface area contributed by atoms with Gasteiger partial charge in [0.2, 0.25) is 5.91 Å². The summed E-state index contributed by atoms with van der Waals surface area (Å²) in [5.74, 6) is -0.0164. The molecule has 1 amide bonds. The molecule has 1 heterocycles. The van der Waals surface area contributed by atoms with Crippen LogP contribution in [-0.2, 0) is 9.53 Å². The van der Waals surface area contributed by atoms with E-state index < -0.39 is 6.04 Å². The Morgan fingerprint density at radius 3 is 2.83 bits per heavy atom. The molecule has 2 aromatic rings. The van der Waals surface area contributed by atoms with Crippen molar-refractivity contribution in [1.82, 2.24) is 4.90 Å². The van der Waals surface area contributed by atoms with Crippen molar-refractivity contribution in [3.63, 3.8) is 0 Å². The highest BCUT2D eigenvalue weighted by molar-refractivity contribution is 5.88. The number of nitrogens with two attached hydrogens (primary N) is 1. The predicted molar refractivity (Wildman–Crippen MR) is 94.7 cm³/mol. The van der Waals surface area contributed by atoms with Crippen LogP contribution in [0.3, 0.4) is 0 Å². The SMILES string of the molecule is COCC(N)C(=O)N1CCCC1c1cccc2ccccc12.Cl. The second-order valence-electron chi connectivity index (χ2n) is 5.82. The standard InChI is InChI=1S/C18H22N2O2.ClH/c1-22-12-16(19)18(21)20-11-5-10-17(20)15-9-4-7-13-6-2-3-8-14(13)15;/h2-4,6-9,16-17H,5,10-12,19H2,1H3;1H. The average Bonchev–Trinajstić information content (AvgIpc) is 3.03. The summed E-state index contributed by atoms with van der Waals surface area (Å²) in [4.78, 5) is 14.5. The Morgan fingerprint density at radius 2 is 2.04 bits per heavy atom. The Bertz CT molecular complexity index is 672. The molecule has 4 nitrogen and oxygen atoms in total. The lowest BCUT2D eigenvalue weighted by molar-refractivity contribution is -0.134. The summed E-state index contributed by atoms with van der Waals surface area (Å²) in [5.41, 5.74) is 7.16. The van der Waals surface area contributed by atoms with E-state index in [2.05, 4.69) is 30.3 Å². The van der Waals surface area contributed by atoms with Crippen LogP contribution in [-0.4, -0.2) is 37.1 Å². The van der Waals surface area contributed by atoms with E-state index in [1.165, 1.54) is 16.3 Å². The Balaban J connectivity index is 0.00000192. The van der Waals surface area contributed by atoms with E-state index in [9.17, 15) is 4.79 Å². The highest BCUT2D eigenvalue weighted by atomic mass is 35.5. The molecule has 0 aromatic heterocycles. The van der Waals surface area contributed by atoms with Crippen LogP contribution >= 0.6 is 12.4 Å². The summed E-state index contributed by atoms with van der Waals surface area (Å²) >= 11 is 0. The van der Waals surface area contributed by atoms with Crippen LogP contribution in [0.5, 0.6) is 0 Å². The summed E-state index contributed by atoms with van der Waals surface area (Å²) < 4.78 is 5.02. The van der Waals surface area contributed by atoms with Gasteiger partial charge in [0.15, 0.2) is 0 Å². The van der Waals surface area contributed by atoms with Gasteiger partial charge in [0.1, 0.15) is 6.04 Å². The van der Waals surface area contributed by atoms with E-state index in [0.717, 1.165) is 19.4 Å². The third-order valence-electron chi connectivity index (χ3n) is 4.38. The molecule has 2 aromatic carbocycles. The van der Waals surface area contributed by atoms with Crippen LogP contribution in [0.4, 0.5) is 0 Å². The fourth-order valence-corrected chi connectivity index (χ4v) is 3.36. The molecule has 1 aliphatic heterocycles. The van der Waals surface area contributed by atoms with Crippen molar-refractivity contribution in [1.29, 1.82) is 0 Å². The largest absolute Gasteiger partial charge is 0.383 e. The molecule has 0 aliphatic carbocycles. The number of nitrogens with zero attached hydrogens (tertiary/aromatic N) is 1. The zero-order valence-corrected chi connectivity index (χ0v) is 14.1. The smallest absolute Gasteiger partial charge is 0.242 e. The molecule has 1 saturated heterocycles. The third-order valence-corrected chi connectivity index (χ3v) is 4.38. The normalized spacial score (nSPS) is 18.7. The maximum atomic E-state index is 12.6. The number of rotatable bonds is 4. The number of benzene rings is 2. The van der Waals surface area contributed by atoms with Crippen LogP contribution in [0.15, 0.2) is 42.5 Å². The second kappa shape index (κ2) is 7.77. The minimum absolute atomic E-state index is 0. The van der Waals surface area contributed by atoms with E-state index in [1.54, 1.807) is 7.11 Å². The lowest BCUT2D eigenvalue weighted by atomic mass is 9.97. The average molecular weight is 335 g/mol. The number of carbonyl (C=O) groups is 1. The summed E-state index contributed by atoms with van der Waals surface area (Å²) in [7, 11) is 1.57. The summed E-state index contributed by atoms with van der Waals surface area (Å²) in [6.45, 7) is 1.03. The van der Waals surface area contributed by atoms with E-state index in [4.69, 9.17) is 10.5 Å². The monoisotopic (exact) mass is 334 g/mol. The second-order valence-corrected chi connectivity index (χ2v) is 5.82. The van der Waals surface area contributed by atoms with Crippen molar-refractivity contribution in [2.45, 2.75) is 24.9 Å². The summed E-state index contributed by atoms with van der Waals surface area (Å²) in [6.07, 6.45) is 2.00. The highest BCUT2D eigenvalue weighted by Crippen LogP contribution is 2.36. The number of amides is 1. The molecule has 0 bridgehead atoms. The van der Waals surface area contributed by atoms with Gasteiger partial charge in [0, 0.05) is 13.7 Å². The van der Waals surface area contributed by atoms with Crippen molar-refractivity contribution in [3.8, 4) is 0 Å². The zero-order chi connectivity index (χ0) is 15.5. The highest BCUT2D eigenvalue weighted by Gasteiger charge is 2.33. The van der Waals surface area contributed by atoms with Gasteiger partial charge in [-0.25, -0.2) is 0 Å². The molecule has 5 heteroatoms. The first-order valence-electron chi connectivity index (χ1n) is 7.75. The molecule has 0 spiro atoms. The van der Waals surface area contributed by atoms with E-state index in [1.807, 2.05) is 17.0 Å². The fourth-order valence-electron chi connectivity index (χ4n) is 3.36. The minimum atomic E-state index is -0.583. The van der Waals surface area contributed by atoms with Crippen molar-refractivity contribution in [3.05, 3.63) is 48.0 Å². The quantitative estimate of drug-likeness (QED) is 0.935. The molecular weight excluding hydrogens is 312 g/mol. The number of carbonyl (C=O) groups excluding carboxylic acids is 1. The zero-order valence-electron chi connectivity index (χ0n) is 13.3. The molecule has 0 radical (unpaired) electrons. The van der Waals surface area contributed by atoms with Crippen LogP contribution in [0.25, 0.3) is 10.8 Å². The van der Waals surface area contributed by atoms with Gasteiger partial charge >= 0.3 is 0 Å². The van der Waals surface area contributed by atoms with Gasteiger partial charge < -0.3 is 15.4 Å². The van der Waals surface area contributed by atoms with E-state index in [-0.39, 0.29) is 31.0 Å². The summed E-state index contributed by atoms with van der Waals surface area (Å²) in [6, 6.07) is 14.1. The maximum Gasteiger partial charge on any atom is 0.242 e. The van der Waals surface area contributed by atoms with Crippen molar-refractivity contribution in [2.24, 2.45) is 5.73 Å². The number of methoxy groups -OCH3 is 1. The van der Waals surface area contributed by atoms with Crippen LogP contribution in [0.2, 0.25) is 0 Å². The Morgan fingerprint density at radius 1 is 1.30 bits per heavy atom. The van der Waals surface area contributed by atoms with Gasteiger partial charge in [0.05, 0.1) is 12.6 Å². The van der Waals surface area contributed by atoms with E-state index >= 15 is 0 Å². The van der Waals surface area contributed by atoms with Gasteiger partial charge in [-0.1, -0.05) is 42.5 Å². The number of hydrogen-bond donors (Lipinski definition) is 1. The molecule has 0 saturated carbocycles. The first-order chi connectivity index (χ1) is 10.7. The van der Waals surface area contributed by atoms with Gasteiger partial charge in [0.25, 0.3) is 0 Å². The van der Waals surface area contributed by atoms with Gasteiger partial charge in [-0.05, 0) is 29.2 Å². The van der Waals surface area contributed by atoms with E-state index in [0.29, 0.717) is 0 Å². The Labute approximate surface area is 143 Å². The number of fused-ring (bicyclic) bond motifs is 1. The van der Waals surface area contributed by atoms with Gasteiger partial charge in [-0.15, -0.1) is 12.4 Å². The molecule has 23 heavy (non-hydrogen) atoms. The molecule has 124 valence electrons. The third kappa shape index (κ3) is 3.50. The number of likely N-dealkylation sites (tertiary alicyclic amines) is 1. The van der Waals surface area contributed by atoms with Crippen LogP contribution in [0, 0.1) is 0 Å². The Kier molecular flexibility index (Phi) is 5.99. The number of hydrogen-bond acceptors (Lipinski definition) is 3. The van der Waals surface area contributed by atoms with Gasteiger partial charge in [-0.3, -0.25) is 4.79 Å². The molecule has 1 fully saturated rings. The topological polar surface area (TPSA) is 55.6 Å². The molecule has 2 unspecified atom stereocenters. The van der Waals surface area contributed by atoms with Crippen molar-refractivity contribution >= 4 is 29.1 Å². The molecule has 2 atom stereocenters. The molecule has 2 N–H and O–H groups in total.